The number of hydrogen-bond acceptors (Lipinski definition) is 4. The number of piperidine rings is 1. The Morgan fingerprint density at radius 1 is 1.07 bits per heavy atom. The van der Waals surface area contributed by atoms with Crippen molar-refractivity contribution in [2.45, 2.75) is 48.2 Å². The van der Waals surface area contributed by atoms with Crippen LogP contribution < -0.4 is 5.32 Å². The quantitative estimate of drug-likeness (QED) is 0.711. The monoisotopic (exact) mass is 418 g/mol. The number of aryl methyl sites for hydroxylation is 1. The Balaban J connectivity index is 1.68. The van der Waals surface area contributed by atoms with Gasteiger partial charge in [0.2, 0.25) is 15.9 Å². The van der Waals surface area contributed by atoms with Gasteiger partial charge in [0.25, 0.3) is 0 Å². The first-order chi connectivity index (χ1) is 13.4. The molecule has 1 fully saturated rings. The summed E-state index contributed by atoms with van der Waals surface area (Å²) in [6.07, 6.45) is 2.85. The molecule has 0 saturated carbocycles. The van der Waals surface area contributed by atoms with Gasteiger partial charge in [-0.15, -0.1) is 11.8 Å². The molecule has 3 rings (SSSR count). The van der Waals surface area contributed by atoms with Crippen LogP contribution in [-0.4, -0.2) is 37.0 Å². The SMILES string of the molecule is Cc1ccc(SC(C)C(=O)Nc2cccc(S(=O)(=O)N3CCCCC3)c2)cc1. The van der Waals surface area contributed by atoms with Crippen molar-refractivity contribution in [2.24, 2.45) is 0 Å². The summed E-state index contributed by atoms with van der Waals surface area (Å²) in [5, 5.41) is 2.55. The first kappa shape index (κ1) is 20.9. The molecule has 0 aliphatic carbocycles. The van der Waals surface area contributed by atoms with Crippen molar-refractivity contribution >= 4 is 33.4 Å². The molecule has 7 heteroatoms. The Hall–Kier alpha value is -1.83. The lowest BCUT2D eigenvalue weighted by atomic mass is 10.2. The van der Waals surface area contributed by atoms with Crippen molar-refractivity contribution < 1.29 is 13.2 Å². The number of carbonyl (C=O) groups is 1. The number of rotatable bonds is 6. The fourth-order valence-electron chi connectivity index (χ4n) is 3.11. The minimum atomic E-state index is -3.52. The largest absolute Gasteiger partial charge is 0.325 e. The lowest BCUT2D eigenvalue weighted by molar-refractivity contribution is -0.115. The second kappa shape index (κ2) is 9.11. The maximum atomic E-state index is 12.8. The minimum Gasteiger partial charge on any atom is -0.325 e. The number of nitrogens with zero attached hydrogens (tertiary/aromatic N) is 1. The van der Waals surface area contributed by atoms with E-state index in [9.17, 15) is 13.2 Å². The fraction of sp³-hybridized carbons (Fsp3) is 0.381. The molecule has 1 unspecified atom stereocenters. The molecule has 2 aromatic carbocycles. The summed E-state index contributed by atoms with van der Waals surface area (Å²) >= 11 is 1.47. The highest BCUT2D eigenvalue weighted by Gasteiger charge is 2.26. The molecule has 2 aromatic rings. The summed E-state index contributed by atoms with van der Waals surface area (Å²) in [6, 6.07) is 14.5. The topological polar surface area (TPSA) is 66.5 Å². The van der Waals surface area contributed by atoms with Gasteiger partial charge in [0.1, 0.15) is 0 Å². The zero-order chi connectivity index (χ0) is 20.1. The van der Waals surface area contributed by atoms with E-state index in [1.165, 1.54) is 21.6 Å². The average Bonchev–Trinajstić information content (AvgIpc) is 2.70. The third-order valence-electron chi connectivity index (χ3n) is 4.76. The number of anilines is 1. The van der Waals surface area contributed by atoms with Crippen LogP contribution >= 0.6 is 11.8 Å². The van der Waals surface area contributed by atoms with Gasteiger partial charge < -0.3 is 5.32 Å². The molecule has 0 radical (unpaired) electrons. The standard InChI is InChI=1S/C21H26N2O3S2/c1-16-9-11-19(12-10-16)27-17(2)21(24)22-18-7-6-8-20(15-18)28(25,26)23-13-4-3-5-14-23/h6-12,15,17H,3-5,13-14H2,1-2H3,(H,22,24). The lowest BCUT2D eigenvalue weighted by Crippen LogP contribution is -2.35. The summed E-state index contributed by atoms with van der Waals surface area (Å²) in [6.45, 7) is 4.98. The van der Waals surface area contributed by atoms with E-state index in [1.54, 1.807) is 24.3 Å². The van der Waals surface area contributed by atoms with Crippen LogP contribution in [0, 0.1) is 6.92 Å². The third kappa shape index (κ3) is 5.16. The number of hydrogen-bond donors (Lipinski definition) is 1. The van der Waals surface area contributed by atoms with E-state index in [0.29, 0.717) is 18.8 Å². The number of amides is 1. The van der Waals surface area contributed by atoms with Gasteiger partial charge in [-0.1, -0.05) is 30.2 Å². The predicted octanol–water partition coefficient (Wildman–Crippen LogP) is 4.29. The van der Waals surface area contributed by atoms with Gasteiger partial charge in [0, 0.05) is 23.7 Å². The second-order valence-corrected chi connectivity index (χ2v) is 10.4. The summed E-state index contributed by atoms with van der Waals surface area (Å²) in [5.41, 5.74) is 1.67. The summed E-state index contributed by atoms with van der Waals surface area (Å²) in [5.74, 6) is -0.155. The van der Waals surface area contributed by atoms with Crippen LogP contribution in [0.1, 0.15) is 31.7 Å². The van der Waals surface area contributed by atoms with Crippen LogP contribution in [0.3, 0.4) is 0 Å². The molecule has 5 nitrogen and oxygen atoms in total. The molecule has 1 amide bonds. The van der Waals surface area contributed by atoms with Crippen LogP contribution in [0.25, 0.3) is 0 Å². The highest BCUT2D eigenvalue weighted by molar-refractivity contribution is 8.00. The van der Waals surface area contributed by atoms with Gasteiger partial charge in [0.05, 0.1) is 10.1 Å². The van der Waals surface area contributed by atoms with Crippen LogP contribution in [0.2, 0.25) is 0 Å². The minimum absolute atomic E-state index is 0.155. The number of carbonyl (C=O) groups excluding carboxylic acids is 1. The van der Waals surface area contributed by atoms with Crippen molar-refractivity contribution in [3.8, 4) is 0 Å². The Labute approximate surface area is 171 Å². The molecule has 1 aliphatic heterocycles. The van der Waals surface area contributed by atoms with Crippen molar-refractivity contribution in [3.63, 3.8) is 0 Å². The number of nitrogens with one attached hydrogen (secondary N) is 1. The van der Waals surface area contributed by atoms with Crippen molar-refractivity contribution in [1.82, 2.24) is 4.31 Å². The maximum absolute atomic E-state index is 12.8. The van der Waals surface area contributed by atoms with Crippen LogP contribution in [-0.2, 0) is 14.8 Å². The predicted molar refractivity (Wildman–Crippen MR) is 114 cm³/mol. The molecule has 150 valence electrons. The molecule has 1 atom stereocenters. The van der Waals surface area contributed by atoms with E-state index in [2.05, 4.69) is 5.32 Å². The molecule has 0 aromatic heterocycles. The van der Waals surface area contributed by atoms with Gasteiger partial charge in [0.15, 0.2) is 0 Å². The molecule has 1 heterocycles. The highest BCUT2D eigenvalue weighted by Crippen LogP contribution is 2.26. The van der Waals surface area contributed by atoms with Crippen LogP contribution in [0.5, 0.6) is 0 Å². The second-order valence-electron chi connectivity index (χ2n) is 7.05. The highest BCUT2D eigenvalue weighted by atomic mass is 32.2. The smallest absolute Gasteiger partial charge is 0.243 e. The fourth-order valence-corrected chi connectivity index (χ4v) is 5.54. The van der Waals surface area contributed by atoms with Crippen molar-refractivity contribution in [3.05, 3.63) is 54.1 Å². The summed E-state index contributed by atoms with van der Waals surface area (Å²) in [4.78, 5) is 13.8. The molecular formula is C21H26N2O3S2. The molecular weight excluding hydrogens is 392 g/mol. The Bertz CT molecular complexity index is 921. The van der Waals surface area contributed by atoms with Crippen molar-refractivity contribution in [2.75, 3.05) is 18.4 Å². The van der Waals surface area contributed by atoms with E-state index in [4.69, 9.17) is 0 Å². The van der Waals surface area contributed by atoms with Crippen molar-refractivity contribution in [1.29, 1.82) is 0 Å². The normalized spacial score (nSPS) is 16.5. The molecule has 1 N–H and O–H groups in total. The van der Waals surface area contributed by atoms with E-state index in [0.717, 1.165) is 24.2 Å². The van der Waals surface area contributed by atoms with Gasteiger partial charge in [-0.05, 0) is 57.0 Å². The number of sulfonamides is 1. The van der Waals surface area contributed by atoms with Gasteiger partial charge in [-0.3, -0.25) is 4.79 Å². The molecule has 28 heavy (non-hydrogen) atoms. The molecule has 0 bridgehead atoms. The number of thioether (sulfide) groups is 1. The Morgan fingerprint density at radius 3 is 2.43 bits per heavy atom. The zero-order valence-corrected chi connectivity index (χ0v) is 17.9. The van der Waals surface area contributed by atoms with Gasteiger partial charge in [-0.2, -0.15) is 4.31 Å². The van der Waals surface area contributed by atoms with Crippen LogP contribution in [0.15, 0.2) is 58.3 Å². The molecule has 1 saturated heterocycles. The first-order valence-corrected chi connectivity index (χ1v) is 11.8. The lowest BCUT2D eigenvalue weighted by Gasteiger charge is -2.26. The average molecular weight is 419 g/mol. The first-order valence-electron chi connectivity index (χ1n) is 9.51. The van der Waals surface area contributed by atoms with Crippen LogP contribution in [0.4, 0.5) is 5.69 Å². The summed E-state index contributed by atoms with van der Waals surface area (Å²) in [7, 11) is -3.52. The molecule has 1 aliphatic rings. The Kier molecular flexibility index (Phi) is 6.80. The number of benzene rings is 2. The molecule has 0 spiro atoms. The van der Waals surface area contributed by atoms with Gasteiger partial charge >= 0.3 is 0 Å². The Morgan fingerprint density at radius 2 is 1.75 bits per heavy atom. The third-order valence-corrected chi connectivity index (χ3v) is 7.76. The van der Waals surface area contributed by atoms with Gasteiger partial charge in [-0.25, -0.2) is 8.42 Å². The van der Waals surface area contributed by atoms with E-state index in [1.807, 2.05) is 38.1 Å². The van der Waals surface area contributed by atoms with E-state index >= 15 is 0 Å². The maximum Gasteiger partial charge on any atom is 0.243 e. The summed E-state index contributed by atoms with van der Waals surface area (Å²) < 4.78 is 27.2. The van der Waals surface area contributed by atoms with E-state index < -0.39 is 10.0 Å². The van der Waals surface area contributed by atoms with E-state index in [-0.39, 0.29) is 16.1 Å². The zero-order valence-electron chi connectivity index (χ0n) is 16.2.